The van der Waals surface area contributed by atoms with Gasteiger partial charge in [-0.25, -0.2) is 4.39 Å². The highest BCUT2D eigenvalue weighted by molar-refractivity contribution is 7.15. The zero-order valence-electron chi connectivity index (χ0n) is 9.27. The van der Waals surface area contributed by atoms with Crippen LogP contribution in [-0.4, -0.2) is 4.40 Å². The van der Waals surface area contributed by atoms with Gasteiger partial charge in [0.25, 0.3) is 0 Å². The van der Waals surface area contributed by atoms with Crippen molar-refractivity contribution in [1.82, 2.24) is 4.40 Å². The number of nitrogen functional groups attached to an aromatic ring is 1. The van der Waals surface area contributed by atoms with Crippen molar-refractivity contribution in [3.8, 4) is 11.1 Å². The topological polar surface area (TPSA) is 30.4 Å². The van der Waals surface area contributed by atoms with E-state index in [0.717, 1.165) is 21.7 Å². The lowest BCUT2D eigenvalue weighted by Crippen LogP contribution is -1.94. The lowest BCUT2D eigenvalue weighted by atomic mass is 10.1. The van der Waals surface area contributed by atoms with E-state index in [0.29, 0.717) is 5.82 Å². The third-order valence-corrected chi connectivity index (χ3v) is 3.86. The third-order valence-electron chi connectivity index (χ3n) is 2.86. The molecule has 0 saturated carbocycles. The van der Waals surface area contributed by atoms with E-state index in [9.17, 15) is 4.39 Å². The van der Waals surface area contributed by atoms with Crippen molar-refractivity contribution in [2.75, 3.05) is 5.73 Å². The summed E-state index contributed by atoms with van der Waals surface area (Å²) in [5, 5.41) is 2.07. The number of aromatic nitrogens is 1. The number of thiazole rings is 1. The fraction of sp³-hybridized carbons (Fsp3) is 0.0769. The van der Waals surface area contributed by atoms with Gasteiger partial charge in [0.1, 0.15) is 16.5 Å². The maximum absolute atomic E-state index is 12.9. The molecule has 0 spiro atoms. The lowest BCUT2D eigenvalue weighted by Gasteiger charge is -2.01. The van der Waals surface area contributed by atoms with E-state index in [2.05, 4.69) is 5.38 Å². The second kappa shape index (κ2) is 3.60. The Morgan fingerprint density at radius 3 is 2.59 bits per heavy atom. The van der Waals surface area contributed by atoms with Crippen LogP contribution in [0.2, 0.25) is 0 Å². The van der Waals surface area contributed by atoms with E-state index in [-0.39, 0.29) is 5.82 Å². The van der Waals surface area contributed by atoms with Gasteiger partial charge in [-0.1, -0.05) is 12.1 Å². The maximum atomic E-state index is 12.9. The van der Waals surface area contributed by atoms with E-state index >= 15 is 0 Å². The monoisotopic (exact) mass is 246 g/mol. The molecule has 3 aromatic rings. The Morgan fingerprint density at radius 2 is 1.94 bits per heavy atom. The van der Waals surface area contributed by atoms with E-state index in [1.165, 1.54) is 12.1 Å². The first-order chi connectivity index (χ1) is 8.16. The summed E-state index contributed by atoms with van der Waals surface area (Å²) < 4.78 is 14.9. The summed E-state index contributed by atoms with van der Waals surface area (Å²) in [6, 6.07) is 8.45. The fourth-order valence-electron chi connectivity index (χ4n) is 2.01. The van der Waals surface area contributed by atoms with Crippen LogP contribution in [0, 0.1) is 12.7 Å². The van der Waals surface area contributed by atoms with Gasteiger partial charge in [0, 0.05) is 16.6 Å². The van der Waals surface area contributed by atoms with Crippen molar-refractivity contribution in [1.29, 1.82) is 0 Å². The van der Waals surface area contributed by atoms with Gasteiger partial charge in [0.05, 0.1) is 0 Å². The average Bonchev–Trinajstić information content (AvgIpc) is 2.83. The van der Waals surface area contributed by atoms with Crippen LogP contribution in [-0.2, 0) is 0 Å². The predicted octanol–water partition coefficient (Wildman–Crippen LogP) is 3.70. The molecule has 0 atom stereocenters. The molecule has 1 aromatic carbocycles. The highest BCUT2D eigenvalue weighted by Gasteiger charge is 2.11. The molecule has 3 rings (SSSR count). The van der Waals surface area contributed by atoms with Crippen LogP contribution in [0.3, 0.4) is 0 Å². The Balaban J connectivity index is 2.23. The van der Waals surface area contributed by atoms with Gasteiger partial charge >= 0.3 is 0 Å². The van der Waals surface area contributed by atoms with E-state index in [1.807, 2.05) is 17.4 Å². The minimum atomic E-state index is -0.232. The molecule has 0 saturated heterocycles. The molecule has 4 heteroatoms. The van der Waals surface area contributed by atoms with Gasteiger partial charge in [-0.15, -0.1) is 11.3 Å². The zero-order chi connectivity index (χ0) is 12.0. The van der Waals surface area contributed by atoms with Crippen LogP contribution in [0.25, 0.3) is 16.0 Å². The van der Waals surface area contributed by atoms with Crippen molar-refractivity contribution in [2.45, 2.75) is 6.92 Å². The molecule has 0 unspecified atom stereocenters. The first-order valence-corrected chi connectivity index (χ1v) is 6.16. The number of aryl methyl sites for hydroxylation is 1. The van der Waals surface area contributed by atoms with Crippen LogP contribution in [0.4, 0.5) is 10.2 Å². The average molecular weight is 246 g/mol. The Labute approximate surface area is 102 Å². The highest BCUT2D eigenvalue weighted by atomic mass is 32.1. The van der Waals surface area contributed by atoms with Crippen molar-refractivity contribution in [3.63, 3.8) is 0 Å². The van der Waals surface area contributed by atoms with E-state index in [1.54, 1.807) is 23.5 Å². The summed E-state index contributed by atoms with van der Waals surface area (Å²) in [5.74, 6) is 0.481. The SMILES string of the molecule is Cc1csc2cc(-c3ccc(F)cc3)c(N)n12. The molecule has 2 heterocycles. The largest absolute Gasteiger partial charge is 0.384 e. The fourth-order valence-corrected chi connectivity index (χ4v) is 2.94. The lowest BCUT2D eigenvalue weighted by molar-refractivity contribution is 0.628. The van der Waals surface area contributed by atoms with Crippen molar-refractivity contribution < 1.29 is 4.39 Å². The van der Waals surface area contributed by atoms with Crippen molar-refractivity contribution in [3.05, 3.63) is 47.2 Å². The Morgan fingerprint density at radius 1 is 1.24 bits per heavy atom. The summed E-state index contributed by atoms with van der Waals surface area (Å²) in [6.07, 6.45) is 0. The number of fused-ring (bicyclic) bond motifs is 1. The molecule has 17 heavy (non-hydrogen) atoms. The number of hydrogen-bond acceptors (Lipinski definition) is 2. The normalized spacial score (nSPS) is 11.2. The molecule has 0 amide bonds. The minimum Gasteiger partial charge on any atom is -0.384 e. The highest BCUT2D eigenvalue weighted by Crippen LogP contribution is 2.33. The Hall–Kier alpha value is -1.81. The molecule has 0 aliphatic heterocycles. The zero-order valence-corrected chi connectivity index (χ0v) is 10.1. The second-order valence-electron chi connectivity index (χ2n) is 4.00. The Kier molecular flexibility index (Phi) is 2.19. The minimum absolute atomic E-state index is 0.232. The van der Waals surface area contributed by atoms with Gasteiger partial charge in [-0.05, 0) is 30.7 Å². The third kappa shape index (κ3) is 1.52. The number of halogens is 1. The van der Waals surface area contributed by atoms with Crippen LogP contribution < -0.4 is 5.73 Å². The molecule has 0 bridgehead atoms. The molecule has 0 fully saturated rings. The molecule has 86 valence electrons. The van der Waals surface area contributed by atoms with Gasteiger partial charge in [-0.3, -0.25) is 4.40 Å². The van der Waals surface area contributed by atoms with Gasteiger partial charge < -0.3 is 5.73 Å². The summed E-state index contributed by atoms with van der Waals surface area (Å²) >= 11 is 1.66. The van der Waals surface area contributed by atoms with E-state index in [4.69, 9.17) is 5.73 Å². The molecule has 2 nitrogen and oxygen atoms in total. The number of anilines is 1. The smallest absolute Gasteiger partial charge is 0.123 e. The number of nitrogens with two attached hydrogens (primary N) is 1. The Bertz CT molecular complexity index is 679. The standard InChI is InChI=1S/C13H11FN2S/c1-8-7-17-12-6-11(13(15)16(8)12)9-2-4-10(14)5-3-9/h2-7H,15H2,1H3. The molecule has 0 aliphatic carbocycles. The van der Waals surface area contributed by atoms with Crippen LogP contribution in [0.5, 0.6) is 0 Å². The molecule has 2 N–H and O–H groups in total. The van der Waals surface area contributed by atoms with E-state index < -0.39 is 0 Å². The number of rotatable bonds is 1. The van der Waals surface area contributed by atoms with Crippen LogP contribution in [0.15, 0.2) is 35.7 Å². The van der Waals surface area contributed by atoms with Crippen LogP contribution in [0.1, 0.15) is 5.69 Å². The van der Waals surface area contributed by atoms with Gasteiger partial charge in [0.15, 0.2) is 0 Å². The molecule has 0 aliphatic rings. The summed E-state index contributed by atoms with van der Waals surface area (Å²) in [7, 11) is 0. The number of nitrogens with zero attached hydrogens (tertiary/aromatic N) is 1. The summed E-state index contributed by atoms with van der Waals surface area (Å²) in [6.45, 7) is 2.02. The molecular formula is C13H11FN2S. The second-order valence-corrected chi connectivity index (χ2v) is 4.89. The van der Waals surface area contributed by atoms with Crippen LogP contribution >= 0.6 is 11.3 Å². The summed E-state index contributed by atoms with van der Waals surface area (Å²) in [4.78, 5) is 1.11. The van der Waals surface area contributed by atoms with Gasteiger partial charge in [0.2, 0.25) is 0 Å². The van der Waals surface area contributed by atoms with Crippen molar-refractivity contribution in [2.24, 2.45) is 0 Å². The quantitative estimate of drug-likeness (QED) is 0.697. The predicted molar refractivity (Wildman–Crippen MR) is 69.8 cm³/mol. The first kappa shape index (κ1) is 10.4. The number of benzene rings is 1. The maximum Gasteiger partial charge on any atom is 0.123 e. The van der Waals surface area contributed by atoms with Crippen molar-refractivity contribution >= 4 is 22.0 Å². The molecule has 0 radical (unpaired) electrons. The van der Waals surface area contributed by atoms with Gasteiger partial charge in [-0.2, -0.15) is 0 Å². The summed E-state index contributed by atoms with van der Waals surface area (Å²) in [5.41, 5.74) is 9.15. The molecule has 2 aromatic heterocycles. The number of hydrogen-bond donors (Lipinski definition) is 1. The molecular weight excluding hydrogens is 235 g/mol. The first-order valence-electron chi connectivity index (χ1n) is 5.28.